The van der Waals surface area contributed by atoms with Crippen molar-refractivity contribution in [2.24, 2.45) is 4.99 Å². The number of nitrogens with two attached hydrogens (primary N) is 1. The Hall–Kier alpha value is -3.01. The van der Waals surface area contributed by atoms with E-state index in [0.29, 0.717) is 30.4 Å². The molecule has 1 aliphatic rings. The molecule has 0 unspecified atom stereocenters. The average Bonchev–Trinajstić information content (AvgIpc) is 3.08. The number of hydrogen-bond acceptors (Lipinski definition) is 4. The normalized spacial score (nSPS) is 15.1. The molecule has 0 atom stereocenters. The third-order valence-electron chi connectivity index (χ3n) is 5.24. The number of aryl methyl sites for hydroxylation is 1. The molecule has 1 aliphatic carbocycles. The lowest BCUT2D eigenvalue weighted by Crippen LogP contribution is -2.44. The molecule has 0 spiro atoms. The molecule has 7 heteroatoms. The van der Waals surface area contributed by atoms with Crippen LogP contribution in [0.3, 0.4) is 0 Å². The van der Waals surface area contributed by atoms with Crippen molar-refractivity contribution < 1.29 is 0 Å². The zero-order valence-electron chi connectivity index (χ0n) is 17.2. The van der Waals surface area contributed by atoms with Gasteiger partial charge in [-0.25, -0.2) is 4.68 Å². The first-order valence-corrected chi connectivity index (χ1v) is 10.6. The van der Waals surface area contributed by atoms with Crippen molar-refractivity contribution in [2.45, 2.75) is 57.9 Å². The maximum absolute atomic E-state index is 9.53. The zero-order valence-corrected chi connectivity index (χ0v) is 17.2. The summed E-state index contributed by atoms with van der Waals surface area (Å²) in [4.78, 5) is 4.71. The van der Waals surface area contributed by atoms with E-state index in [0.717, 1.165) is 30.3 Å². The highest BCUT2D eigenvalue weighted by molar-refractivity contribution is 5.80. The van der Waals surface area contributed by atoms with Crippen LogP contribution in [0.1, 0.15) is 56.7 Å². The van der Waals surface area contributed by atoms with E-state index >= 15 is 0 Å². The molecular weight excluding hydrogens is 362 g/mol. The predicted molar refractivity (Wildman–Crippen MR) is 117 cm³/mol. The van der Waals surface area contributed by atoms with E-state index in [4.69, 9.17) is 10.7 Å². The van der Waals surface area contributed by atoms with Gasteiger partial charge in [-0.3, -0.25) is 4.99 Å². The van der Waals surface area contributed by atoms with Crippen molar-refractivity contribution in [1.82, 2.24) is 20.4 Å². The number of rotatable bonds is 7. The minimum absolute atomic E-state index is 0.393. The number of benzene rings is 1. The van der Waals surface area contributed by atoms with E-state index in [2.05, 4.69) is 28.7 Å². The van der Waals surface area contributed by atoms with Gasteiger partial charge in [-0.15, -0.1) is 0 Å². The Balaban J connectivity index is 1.61. The smallest absolute Gasteiger partial charge is 0.191 e. The van der Waals surface area contributed by atoms with E-state index in [1.54, 1.807) is 4.68 Å². The van der Waals surface area contributed by atoms with Crippen LogP contribution in [0.15, 0.2) is 35.3 Å². The summed E-state index contributed by atoms with van der Waals surface area (Å²) in [6.07, 6.45) is 7.82. The molecule has 7 nitrogen and oxygen atoms in total. The lowest BCUT2D eigenvalue weighted by Gasteiger charge is -2.24. The van der Waals surface area contributed by atoms with E-state index in [1.165, 1.54) is 32.1 Å². The Morgan fingerprint density at radius 2 is 2.03 bits per heavy atom. The molecule has 2 aromatic rings. The largest absolute Gasteiger partial charge is 0.382 e. The van der Waals surface area contributed by atoms with Crippen molar-refractivity contribution in [1.29, 1.82) is 5.26 Å². The number of nitrogen functional groups attached to an aromatic ring is 1. The van der Waals surface area contributed by atoms with Crippen LogP contribution in [0.5, 0.6) is 0 Å². The van der Waals surface area contributed by atoms with Crippen LogP contribution in [0.4, 0.5) is 5.82 Å². The SMILES string of the molecule is CCNC(=NCCCc1nn(-c2ccccc2)c(N)c1C#N)NC1CCCCC1. The molecule has 0 saturated heterocycles. The third-order valence-corrected chi connectivity index (χ3v) is 5.24. The Labute approximate surface area is 173 Å². The van der Waals surface area contributed by atoms with Crippen molar-refractivity contribution >= 4 is 11.8 Å². The fraction of sp³-hybridized carbons (Fsp3) is 0.500. The summed E-state index contributed by atoms with van der Waals surface area (Å²) >= 11 is 0. The van der Waals surface area contributed by atoms with Crippen LogP contribution in [-0.4, -0.2) is 34.9 Å². The molecule has 1 fully saturated rings. The number of guanidine groups is 1. The second-order valence-corrected chi connectivity index (χ2v) is 7.41. The second kappa shape index (κ2) is 10.5. The van der Waals surface area contributed by atoms with Crippen LogP contribution in [-0.2, 0) is 6.42 Å². The summed E-state index contributed by atoms with van der Waals surface area (Å²) < 4.78 is 1.64. The van der Waals surface area contributed by atoms with Gasteiger partial charge in [-0.2, -0.15) is 10.4 Å². The maximum atomic E-state index is 9.53. The highest BCUT2D eigenvalue weighted by Crippen LogP contribution is 2.21. The molecule has 0 bridgehead atoms. The number of nitriles is 1. The summed E-state index contributed by atoms with van der Waals surface area (Å²) in [7, 11) is 0. The molecule has 0 radical (unpaired) electrons. The van der Waals surface area contributed by atoms with Gasteiger partial charge in [0, 0.05) is 19.1 Å². The third kappa shape index (κ3) is 5.50. The fourth-order valence-electron chi connectivity index (χ4n) is 3.74. The number of aromatic nitrogens is 2. The summed E-state index contributed by atoms with van der Waals surface area (Å²) in [6.45, 7) is 3.59. The first-order chi connectivity index (χ1) is 14.2. The first kappa shape index (κ1) is 20.7. The molecule has 1 aromatic carbocycles. The van der Waals surface area contributed by atoms with Gasteiger partial charge in [-0.1, -0.05) is 37.5 Å². The summed E-state index contributed by atoms with van der Waals surface area (Å²) in [5, 5.41) is 21.0. The Bertz CT molecular complexity index is 842. The van der Waals surface area contributed by atoms with Gasteiger partial charge in [0.2, 0.25) is 0 Å². The molecular formula is C22H31N7. The molecule has 0 amide bonds. The first-order valence-electron chi connectivity index (χ1n) is 10.6. The van der Waals surface area contributed by atoms with Crippen molar-refractivity contribution in [3.8, 4) is 11.8 Å². The quantitative estimate of drug-likeness (QED) is 0.381. The van der Waals surface area contributed by atoms with E-state index in [9.17, 15) is 5.26 Å². The van der Waals surface area contributed by atoms with Gasteiger partial charge < -0.3 is 16.4 Å². The van der Waals surface area contributed by atoms with Gasteiger partial charge in [0.25, 0.3) is 0 Å². The fourth-order valence-corrected chi connectivity index (χ4v) is 3.74. The zero-order chi connectivity index (χ0) is 20.5. The standard InChI is InChI=1S/C22H31N7/c1-2-25-22(27-17-10-5-3-6-11-17)26-15-9-14-20-19(16-23)21(24)29(28-20)18-12-7-4-8-13-18/h4,7-8,12-13,17H,2-3,5-6,9-11,14-15,24H2,1H3,(H2,25,26,27). The maximum Gasteiger partial charge on any atom is 0.191 e. The van der Waals surface area contributed by atoms with Crippen molar-refractivity contribution in [3.63, 3.8) is 0 Å². The number of nitrogens with zero attached hydrogens (tertiary/aromatic N) is 4. The molecule has 29 heavy (non-hydrogen) atoms. The Morgan fingerprint density at radius 3 is 2.72 bits per heavy atom. The number of anilines is 1. The topological polar surface area (TPSA) is 104 Å². The molecule has 3 rings (SSSR count). The average molecular weight is 394 g/mol. The number of aliphatic imine (C=N–C) groups is 1. The number of para-hydroxylation sites is 1. The van der Waals surface area contributed by atoms with Crippen LogP contribution < -0.4 is 16.4 Å². The number of hydrogen-bond donors (Lipinski definition) is 3. The summed E-state index contributed by atoms with van der Waals surface area (Å²) in [6, 6.07) is 12.4. The lowest BCUT2D eigenvalue weighted by molar-refractivity contribution is 0.410. The second-order valence-electron chi connectivity index (χ2n) is 7.41. The number of nitrogens with one attached hydrogen (secondary N) is 2. The van der Waals surface area contributed by atoms with Crippen molar-refractivity contribution in [2.75, 3.05) is 18.8 Å². The molecule has 0 aliphatic heterocycles. The van der Waals surface area contributed by atoms with Gasteiger partial charge in [0.1, 0.15) is 17.5 Å². The van der Waals surface area contributed by atoms with Gasteiger partial charge in [0.15, 0.2) is 5.96 Å². The Morgan fingerprint density at radius 1 is 1.28 bits per heavy atom. The van der Waals surface area contributed by atoms with Crippen LogP contribution in [0.25, 0.3) is 5.69 Å². The molecule has 1 aromatic heterocycles. The van der Waals surface area contributed by atoms with Gasteiger partial charge >= 0.3 is 0 Å². The molecule has 1 heterocycles. The van der Waals surface area contributed by atoms with E-state index < -0.39 is 0 Å². The molecule has 1 saturated carbocycles. The molecule has 4 N–H and O–H groups in total. The Kier molecular flexibility index (Phi) is 7.51. The van der Waals surface area contributed by atoms with Gasteiger partial charge in [0.05, 0.1) is 11.4 Å². The van der Waals surface area contributed by atoms with Crippen LogP contribution in [0, 0.1) is 11.3 Å². The highest BCUT2D eigenvalue weighted by Gasteiger charge is 2.17. The lowest BCUT2D eigenvalue weighted by atomic mass is 9.96. The van der Waals surface area contributed by atoms with Crippen molar-refractivity contribution in [3.05, 3.63) is 41.6 Å². The minimum Gasteiger partial charge on any atom is -0.382 e. The van der Waals surface area contributed by atoms with Crippen LogP contribution in [0.2, 0.25) is 0 Å². The minimum atomic E-state index is 0.393. The monoisotopic (exact) mass is 393 g/mol. The van der Waals surface area contributed by atoms with Crippen LogP contribution >= 0.6 is 0 Å². The van der Waals surface area contributed by atoms with E-state index in [1.807, 2.05) is 30.3 Å². The van der Waals surface area contributed by atoms with Gasteiger partial charge in [-0.05, 0) is 44.7 Å². The predicted octanol–water partition coefficient (Wildman–Crippen LogP) is 3.15. The van der Waals surface area contributed by atoms with E-state index in [-0.39, 0.29) is 0 Å². The summed E-state index contributed by atoms with van der Waals surface area (Å²) in [5.41, 5.74) is 8.23. The highest BCUT2D eigenvalue weighted by atomic mass is 15.3. The molecule has 154 valence electrons. The summed E-state index contributed by atoms with van der Waals surface area (Å²) in [5.74, 6) is 1.28.